The van der Waals surface area contributed by atoms with Crippen LogP contribution in [0.2, 0.25) is 0 Å². The zero-order valence-corrected chi connectivity index (χ0v) is 11.2. The fourth-order valence-corrected chi connectivity index (χ4v) is 1.99. The summed E-state index contributed by atoms with van der Waals surface area (Å²) >= 11 is 0. The van der Waals surface area contributed by atoms with E-state index < -0.39 is 11.2 Å². The lowest BCUT2D eigenvalue weighted by molar-refractivity contribution is -0.121. The van der Waals surface area contributed by atoms with E-state index in [1.165, 1.54) is 0 Å². The number of ketones is 2. The summed E-state index contributed by atoms with van der Waals surface area (Å²) in [4.78, 5) is 24.3. The third-order valence-corrected chi connectivity index (χ3v) is 3.03. The summed E-state index contributed by atoms with van der Waals surface area (Å²) in [5.74, 6) is -0.752. The van der Waals surface area contributed by atoms with Crippen molar-refractivity contribution in [2.75, 3.05) is 0 Å². The fraction of sp³-hybridized carbons (Fsp3) is 0.333. The van der Waals surface area contributed by atoms with Crippen LogP contribution in [0.4, 0.5) is 0 Å². The number of fused-ring (bicyclic) bond motifs is 1. The number of rotatable bonds is 2. The minimum Gasteiger partial charge on any atom is -0.350 e. The van der Waals surface area contributed by atoms with Gasteiger partial charge in [-0.2, -0.15) is 0 Å². The number of hydrogen-bond acceptors (Lipinski definition) is 2. The molecule has 0 fully saturated rings. The highest BCUT2D eigenvalue weighted by Gasteiger charge is 2.30. The van der Waals surface area contributed by atoms with Crippen molar-refractivity contribution in [1.29, 1.82) is 0 Å². The molecule has 0 aliphatic heterocycles. The molecule has 0 saturated carbocycles. The molecule has 0 bridgehead atoms. The maximum Gasteiger partial charge on any atom is 0.231 e. The van der Waals surface area contributed by atoms with Crippen LogP contribution in [0.3, 0.4) is 0 Å². The van der Waals surface area contributed by atoms with Gasteiger partial charge in [-0.15, -0.1) is 0 Å². The molecule has 0 unspecified atom stereocenters. The Balaban J connectivity index is 2.56. The van der Waals surface area contributed by atoms with Gasteiger partial charge in [0.05, 0.1) is 5.56 Å². The van der Waals surface area contributed by atoms with Gasteiger partial charge >= 0.3 is 0 Å². The lowest BCUT2D eigenvalue weighted by Crippen LogP contribution is -2.28. The second kappa shape index (κ2) is 4.09. The zero-order chi connectivity index (χ0) is 13.5. The van der Waals surface area contributed by atoms with Crippen LogP contribution >= 0.6 is 0 Å². The first kappa shape index (κ1) is 12.6. The molecule has 0 atom stereocenters. The number of aromatic nitrogens is 1. The van der Waals surface area contributed by atoms with Crippen LogP contribution in [-0.4, -0.2) is 16.1 Å². The first-order valence-electron chi connectivity index (χ1n) is 5.95. The molecule has 0 N–H and O–H groups in total. The van der Waals surface area contributed by atoms with E-state index in [2.05, 4.69) is 0 Å². The molecule has 0 saturated heterocycles. The highest BCUT2D eigenvalue weighted by atomic mass is 16.2. The van der Waals surface area contributed by atoms with Gasteiger partial charge in [-0.3, -0.25) is 9.59 Å². The molecule has 18 heavy (non-hydrogen) atoms. The average Bonchev–Trinajstić information content (AvgIpc) is 2.65. The van der Waals surface area contributed by atoms with Crippen LogP contribution in [-0.2, 0) is 11.8 Å². The van der Waals surface area contributed by atoms with Crippen LogP contribution in [0.1, 0.15) is 31.1 Å². The number of benzene rings is 1. The molecular weight excluding hydrogens is 226 g/mol. The maximum atomic E-state index is 12.3. The molecule has 2 aromatic rings. The van der Waals surface area contributed by atoms with Gasteiger partial charge in [0, 0.05) is 29.6 Å². The third-order valence-electron chi connectivity index (χ3n) is 3.03. The number of aryl methyl sites for hydroxylation is 1. The molecule has 2 rings (SSSR count). The molecule has 1 heterocycles. The topological polar surface area (TPSA) is 39.1 Å². The lowest BCUT2D eigenvalue weighted by atomic mass is 9.86. The van der Waals surface area contributed by atoms with Crippen LogP contribution in [0.5, 0.6) is 0 Å². The predicted molar refractivity (Wildman–Crippen MR) is 71.7 cm³/mol. The second-order valence-electron chi connectivity index (χ2n) is 5.58. The Morgan fingerprint density at radius 2 is 1.72 bits per heavy atom. The van der Waals surface area contributed by atoms with E-state index in [9.17, 15) is 9.59 Å². The van der Waals surface area contributed by atoms with E-state index in [4.69, 9.17) is 0 Å². The molecule has 0 radical (unpaired) electrons. The van der Waals surface area contributed by atoms with E-state index in [1.807, 2.05) is 35.9 Å². The zero-order valence-electron chi connectivity index (χ0n) is 11.2. The number of hydrogen-bond donors (Lipinski definition) is 0. The van der Waals surface area contributed by atoms with Crippen molar-refractivity contribution in [2.24, 2.45) is 12.5 Å². The SMILES string of the molecule is Cn1cc(C(=O)C(=O)C(C)(C)C)c2ccccc21. The minimum atomic E-state index is -0.645. The van der Waals surface area contributed by atoms with E-state index in [1.54, 1.807) is 27.0 Å². The Kier molecular flexibility index (Phi) is 2.85. The average molecular weight is 243 g/mol. The van der Waals surface area contributed by atoms with Gasteiger partial charge < -0.3 is 4.57 Å². The van der Waals surface area contributed by atoms with Gasteiger partial charge in [0.25, 0.3) is 0 Å². The second-order valence-corrected chi connectivity index (χ2v) is 5.58. The minimum absolute atomic E-state index is 0.348. The van der Waals surface area contributed by atoms with Gasteiger partial charge in [-0.1, -0.05) is 39.0 Å². The Morgan fingerprint density at radius 1 is 1.11 bits per heavy atom. The molecule has 0 aliphatic rings. The Hall–Kier alpha value is -1.90. The summed E-state index contributed by atoms with van der Waals surface area (Å²) in [6.45, 7) is 5.29. The molecule has 3 nitrogen and oxygen atoms in total. The normalized spacial score (nSPS) is 11.8. The molecule has 1 aromatic carbocycles. The monoisotopic (exact) mass is 243 g/mol. The van der Waals surface area contributed by atoms with Gasteiger partial charge in [-0.25, -0.2) is 0 Å². The molecule has 1 aromatic heterocycles. The van der Waals surface area contributed by atoms with Crippen molar-refractivity contribution >= 4 is 22.5 Å². The van der Waals surface area contributed by atoms with E-state index in [0.29, 0.717) is 5.56 Å². The van der Waals surface area contributed by atoms with E-state index in [0.717, 1.165) is 10.9 Å². The smallest absolute Gasteiger partial charge is 0.231 e. The molecule has 0 amide bonds. The summed E-state index contributed by atoms with van der Waals surface area (Å²) < 4.78 is 1.87. The van der Waals surface area contributed by atoms with Gasteiger partial charge in [0.1, 0.15) is 0 Å². The van der Waals surface area contributed by atoms with Gasteiger partial charge in [0.2, 0.25) is 11.6 Å². The molecule has 0 aliphatic carbocycles. The predicted octanol–water partition coefficient (Wildman–Crippen LogP) is 2.98. The number of para-hydroxylation sites is 1. The van der Waals surface area contributed by atoms with Gasteiger partial charge in [-0.05, 0) is 6.07 Å². The lowest BCUT2D eigenvalue weighted by Gasteiger charge is -2.14. The van der Waals surface area contributed by atoms with Crippen molar-refractivity contribution in [3.63, 3.8) is 0 Å². The summed E-state index contributed by atoms with van der Waals surface area (Å²) in [7, 11) is 1.88. The van der Waals surface area contributed by atoms with Crippen LogP contribution in [0.15, 0.2) is 30.5 Å². The summed E-state index contributed by atoms with van der Waals surface area (Å²) in [5, 5.41) is 0.836. The fourth-order valence-electron chi connectivity index (χ4n) is 1.99. The van der Waals surface area contributed by atoms with Gasteiger partial charge in [0.15, 0.2) is 0 Å². The first-order valence-corrected chi connectivity index (χ1v) is 5.95. The molecule has 3 heteroatoms. The van der Waals surface area contributed by atoms with E-state index >= 15 is 0 Å². The highest BCUT2D eigenvalue weighted by molar-refractivity contribution is 6.47. The van der Waals surface area contributed by atoms with Crippen molar-refractivity contribution in [1.82, 2.24) is 4.57 Å². The van der Waals surface area contributed by atoms with Crippen molar-refractivity contribution in [3.05, 3.63) is 36.0 Å². The summed E-state index contributed by atoms with van der Waals surface area (Å²) in [6, 6.07) is 7.61. The maximum absolute atomic E-state index is 12.3. The third kappa shape index (κ3) is 1.96. The van der Waals surface area contributed by atoms with Crippen LogP contribution < -0.4 is 0 Å². The number of Topliss-reactive ketones (excluding diaryl/α,β-unsaturated/α-hetero) is 2. The summed E-state index contributed by atoms with van der Waals surface area (Å²) in [5.41, 5.74) is 0.809. The first-order chi connectivity index (χ1) is 8.32. The molecule has 94 valence electrons. The Morgan fingerprint density at radius 3 is 2.33 bits per heavy atom. The molecular formula is C15H17NO2. The number of nitrogens with zero attached hydrogens (tertiary/aromatic N) is 1. The number of carbonyl (C=O) groups is 2. The highest BCUT2D eigenvalue weighted by Crippen LogP contribution is 2.24. The largest absolute Gasteiger partial charge is 0.350 e. The standard InChI is InChI=1S/C15H17NO2/c1-15(2,3)14(18)13(17)11-9-16(4)12-8-6-5-7-10(11)12/h5-9H,1-4H3. The Bertz CT molecular complexity index is 629. The van der Waals surface area contributed by atoms with Crippen LogP contribution in [0.25, 0.3) is 10.9 Å². The Labute approximate surface area is 106 Å². The quantitative estimate of drug-likeness (QED) is 0.601. The summed E-state index contributed by atoms with van der Waals surface area (Å²) in [6.07, 6.45) is 1.73. The van der Waals surface area contributed by atoms with Crippen molar-refractivity contribution in [2.45, 2.75) is 20.8 Å². The number of carbonyl (C=O) groups excluding carboxylic acids is 2. The molecule has 0 spiro atoms. The van der Waals surface area contributed by atoms with Crippen LogP contribution in [0, 0.1) is 5.41 Å². The van der Waals surface area contributed by atoms with Crippen molar-refractivity contribution in [3.8, 4) is 0 Å². The van der Waals surface area contributed by atoms with E-state index in [-0.39, 0.29) is 5.78 Å². The van der Waals surface area contributed by atoms with Crippen molar-refractivity contribution < 1.29 is 9.59 Å².